The zero-order valence-electron chi connectivity index (χ0n) is 11.0. The summed E-state index contributed by atoms with van der Waals surface area (Å²) in [7, 11) is 0. The third kappa shape index (κ3) is 4.40. The summed E-state index contributed by atoms with van der Waals surface area (Å²) >= 11 is 11.7. The average molecular weight is 303 g/mol. The van der Waals surface area contributed by atoms with Gasteiger partial charge in [-0.2, -0.15) is 0 Å². The second-order valence-electron chi connectivity index (χ2n) is 5.25. The van der Waals surface area contributed by atoms with Crippen molar-refractivity contribution in [3.63, 3.8) is 0 Å². The smallest absolute Gasteiger partial charge is 0.231 e. The first-order chi connectivity index (χ1) is 8.61. The van der Waals surface area contributed by atoms with Crippen molar-refractivity contribution in [3.05, 3.63) is 22.2 Å². The molecule has 0 heterocycles. The molecule has 0 saturated carbocycles. The van der Waals surface area contributed by atoms with E-state index in [9.17, 15) is 9.59 Å². The molecule has 1 aromatic carbocycles. The van der Waals surface area contributed by atoms with E-state index >= 15 is 0 Å². The Morgan fingerprint density at radius 2 is 1.79 bits per heavy atom. The monoisotopic (exact) mass is 302 g/mol. The van der Waals surface area contributed by atoms with Crippen LogP contribution < -0.4 is 11.1 Å². The summed E-state index contributed by atoms with van der Waals surface area (Å²) in [4.78, 5) is 23.5. The molecule has 0 saturated heterocycles. The standard InChI is InChI=1S/C13H16Cl2N2O2/c1-13(2,3)11(18)6-12(19)17-10-5-9(16)7(14)4-8(10)15/h4-5H,6,16H2,1-3H3,(H,17,19). The Balaban J connectivity index is 2.78. The molecule has 0 radical (unpaired) electrons. The van der Waals surface area contributed by atoms with Gasteiger partial charge >= 0.3 is 0 Å². The number of amides is 1. The summed E-state index contributed by atoms with van der Waals surface area (Å²) in [5.41, 5.74) is 5.72. The van der Waals surface area contributed by atoms with Gasteiger partial charge in [0, 0.05) is 5.41 Å². The molecule has 0 atom stereocenters. The Labute approximate surface area is 122 Å². The van der Waals surface area contributed by atoms with Crippen LogP contribution in [0, 0.1) is 5.41 Å². The molecule has 19 heavy (non-hydrogen) atoms. The van der Waals surface area contributed by atoms with E-state index in [0.29, 0.717) is 16.4 Å². The van der Waals surface area contributed by atoms with Crippen LogP contribution in [-0.2, 0) is 9.59 Å². The Kier molecular flexibility index (Phi) is 4.82. The topological polar surface area (TPSA) is 72.2 Å². The van der Waals surface area contributed by atoms with Gasteiger partial charge in [-0.15, -0.1) is 0 Å². The van der Waals surface area contributed by atoms with Gasteiger partial charge in [-0.05, 0) is 12.1 Å². The van der Waals surface area contributed by atoms with E-state index in [1.54, 1.807) is 20.8 Å². The van der Waals surface area contributed by atoms with Crippen molar-refractivity contribution < 1.29 is 9.59 Å². The molecule has 1 amide bonds. The third-order valence-corrected chi connectivity index (χ3v) is 3.16. The van der Waals surface area contributed by atoms with Crippen LogP contribution in [0.2, 0.25) is 10.0 Å². The normalized spacial score (nSPS) is 11.2. The van der Waals surface area contributed by atoms with Crippen LogP contribution in [0.5, 0.6) is 0 Å². The summed E-state index contributed by atoms with van der Waals surface area (Å²) < 4.78 is 0. The minimum absolute atomic E-state index is 0.150. The zero-order chi connectivity index (χ0) is 14.8. The van der Waals surface area contributed by atoms with E-state index < -0.39 is 11.3 Å². The number of rotatable bonds is 3. The molecular weight excluding hydrogens is 287 g/mol. The van der Waals surface area contributed by atoms with Gasteiger partial charge in [0.1, 0.15) is 5.78 Å². The van der Waals surface area contributed by atoms with Gasteiger partial charge in [0.05, 0.1) is 27.8 Å². The number of carbonyl (C=O) groups excluding carboxylic acids is 2. The lowest BCUT2D eigenvalue weighted by molar-refractivity contribution is -0.130. The van der Waals surface area contributed by atoms with Gasteiger partial charge in [0.15, 0.2) is 0 Å². The van der Waals surface area contributed by atoms with Crippen molar-refractivity contribution in [2.45, 2.75) is 27.2 Å². The van der Waals surface area contributed by atoms with Crippen LogP contribution in [0.15, 0.2) is 12.1 Å². The molecule has 1 rings (SSSR count). The lowest BCUT2D eigenvalue weighted by Gasteiger charge is -2.16. The quantitative estimate of drug-likeness (QED) is 0.663. The van der Waals surface area contributed by atoms with Crippen molar-refractivity contribution in [2.24, 2.45) is 5.41 Å². The van der Waals surface area contributed by atoms with Gasteiger partial charge in [-0.25, -0.2) is 0 Å². The fraction of sp³-hybridized carbons (Fsp3) is 0.385. The Morgan fingerprint density at radius 1 is 1.21 bits per heavy atom. The van der Waals surface area contributed by atoms with Crippen molar-refractivity contribution in [3.8, 4) is 0 Å². The summed E-state index contributed by atoms with van der Waals surface area (Å²) in [5, 5.41) is 3.14. The van der Waals surface area contributed by atoms with Crippen molar-refractivity contribution in [1.29, 1.82) is 0 Å². The van der Waals surface area contributed by atoms with E-state index in [1.165, 1.54) is 12.1 Å². The highest BCUT2D eigenvalue weighted by Gasteiger charge is 2.23. The van der Waals surface area contributed by atoms with Gasteiger partial charge in [-0.3, -0.25) is 9.59 Å². The number of nitrogen functional groups attached to an aromatic ring is 1. The summed E-state index contributed by atoms with van der Waals surface area (Å²) in [6, 6.07) is 2.91. The SMILES string of the molecule is CC(C)(C)C(=O)CC(=O)Nc1cc(N)c(Cl)cc1Cl. The van der Waals surface area contributed by atoms with Crippen molar-refractivity contribution in [2.75, 3.05) is 11.1 Å². The number of Topliss-reactive ketones (excluding diaryl/α,β-unsaturated/α-hetero) is 1. The van der Waals surface area contributed by atoms with Crippen LogP contribution >= 0.6 is 23.2 Å². The number of benzene rings is 1. The maximum Gasteiger partial charge on any atom is 0.231 e. The van der Waals surface area contributed by atoms with E-state index in [1.807, 2.05) is 0 Å². The summed E-state index contributed by atoms with van der Waals surface area (Å²) in [6.45, 7) is 5.28. The lowest BCUT2D eigenvalue weighted by Crippen LogP contribution is -2.26. The number of nitrogens with two attached hydrogens (primary N) is 1. The fourth-order valence-corrected chi connectivity index (χ4v) is 1.70. The number of carbonyl (C=O) groups is 2. The molecule has 3 N–H and O–H groups in total. The summed E-state index contributed by atoms with van der Waals surface area (Å²) in [6.07, 6.45) is -0.206. The Bertz CT molecular complexity index is 522. The largest absolute Gasteiger partial charge is 0.397 e. The summed E-state index contributed by atoms with van der Waals surface area (Å²) in [5.74, 6) is -0.577. The molecule has 0 unspecified atom stereocenters. The number of halogens is 2. The van der Waals surface area contributed by atoms with Crippen molar-refractivity contribution in [1.82, 2.24) is 0 Å². The highest BCUT2D eigenvalue weighted by atomic mass is 35.5. The molecule has 0 aliphatic rings. The minimum Gasteiger partial charge on any atom is -0.397 e. The first-order valence-corrected chi connectivity index (χ1v) is 6.44. The number of hydrogen-bond acceptors (Lipinski definition) is 3. The second-order valence-corrected chi connectivity index (χ2v) is 6.07. The number of ketones is 1. The Morgan fingerprint density at radius 3 is 2.32 bits per heavy atom. The third-order valence-electron chi connectivity index (χ3n) is 2.52. The van der Waals surface area contributed by atoms with Crippen LogP contribution in [0.3, 0.4) is 0 Å². The molecule has 0 aliphatic heterocycles. The molecular formula is C13H16Cl2N2O2. The van der Waals surface area contributed by atoms with Crippen LogP contribution in [0.1, 0.15) is 27.2 Å². The maximum absolute atomic E-state index is 11.8. The maximum atomic E-state index is 11.8. The second kappa shape index (κ2) is 5.80. The Hall–Kier alpha value is -1.26. The molecule has 1 aromatic rings. The number of anilines is 2. The molecule has 6 heteroatoms. The molecule has 0 aromatic heterocycles. The van der Waals surface area contributed by atoms with E-state index in [-0.39, 0.29) is 17.2 Å². The first-order valence-electron chi connectivity index (χ1n) is 5.69. The van der Waals surface area contributed by atoms with Crippen molar-refractivity contribution >= 4 is 46.3 Å². The van der Waals surface area contributed by atoms with E-state index in [2.05, 4.69) is 5.32 Å². The number of nitrogens with one attached hydrogen (secondary N) is 1. The molecule has 0 fully saturated rings. The van der Waals surface area contributed by atoms with E-state index in [0.717, 1.165) is 0 Å². The number of hydrogen-bond donors (Lipinski definition) is 2. The molecule has 0 bridgehead atoms. The molecule has 0 aliphatic carbocycles. The zero-order valence-corrected chi connectivity index (χ0v) is 12.5. The minimum atomic E-state index is -0.555. The first kappa shape index (κ1) is 15.8. The highest BCUT2D eigenvalue weighted by molar-refractivity contribution is 6.38. The fourth-order valence-electron chi connectivity index (χ4n) is 1.27. The molecule has 104 valence electrons. The molecule has 0 spiro atoms. The molecule has 4 nitrogen and oxygen atoms in total. The average Bonchev–Trinajstić information content (AvgIpc) is 2.24. The lowest BCUT2D eigenvalue weighted by atomic mass is 9.89. The van der Waals surface area contributed by atoms with Gasteiger partial charge < -0.3 is 11.1 Å². The van der Waals surface area contributed by atoms with E-state index in [4.69, 9.17) is 28.9 Å². The predicted molar refractivity (Wildman–Crippen MR) is 78.6 cm³/mol. The predicted octanol–water partition coefficient (Wildman–Crippen LogP) is 3.52. The highest BCUT2D eigenvalue weighted by Crippen LogP contribution is 2.31. The van der Waals surface area contributed by atoms with Gasteiger partial charge in [0.25, 0.3) is 0 Å². The van der Waals surface area contributed by atoms with Crippen LogP contribution in [-0.4, -0.2) is 11.7 Å². The van der Waals surface area contributed by atoms with Gasteiger partial charge in [0.2, 0.25) is 5.91 Å². The van der Waals surface area contributed by atoms with Crippen LogP contribution in [0.25, 0.3) is 0 Å². The van der Waals surface area contributed by atoms with Gasteiger partial charge in [-0.1, -0.05) is 44.0 Å². The van der Waals surface area contributed by atoms with Crippen LogP contribution in [0.4, 0.5) is 11.4 Å².